The lowest BCUT2D eigenvalue weighted by molar-refractivity contribution is 0.0261. The van der Waals surface area contributed by atoms with Gasteiger partial charge in [-0.15, -0.1) is 12.4 Å². The minimum absolute atomic E-state index is 0. The Morgan fingerprint density at radius 2 is 0.780 bits per heavy atom. The first-order valence-electron chi connectivity index (χ1n) is 38.6. The van der Waals surface area contributed by atoms with E-state index in [2.05, 4.69) is 85.5 Å². The number of anilines is 2. The number of nitrogens with zero attached hydrogens (tertiary/aromatic N) is 12. The molecule has 10 aliphatic rings. The van der Waals surface area contributed by atoms with Gasteiger partial charge in [-0.3, -0.25) is 4.18 Å². The molecule has 5 unspecified atom stereocenters. The second-order valence-electron chi connectivity index (χ2n) is 35.5. The predicted molar refractivity (Wildman–Crippen MR) is 422 cm³/mol. The van der Waals surface area contributed by atoms with Crippen LogP contribution in [0.1, 0.15) is 147 Å². The van der Waals surface area contributed by atoms with Crippen LogP contribution < -0.4 is 20.4 Å². The first-order chi connectivity index (χ1) is 50.8. The average Bonchev–Trinajstić information content (AvgIpc) is 1.66. The average molecular weight is 1580 g/mol. The summed E-state index contributed by atoms with van der Waals surface area (Å²) in [5.41, 5.74) is 0.840. The molecule has 6 aromatic heterocycles. The summed E-state index contributed by atoms with van der Waals surface area (Å²) in [4.78, 5) is 94.5. The summed E-state index contributed by atoms with van der Waals surface area (Å²) in [5, 5.41) is 19.9. The van der Waals surface area contributed by atoms with Gasteiger partial charge in [0.2, 0.25) is 0 Å². The van der Waals surface area contributed by atoms with Crippen LogP contribution in [0.25, 0.3) is 33.1 Å². The van der Waals surface area contributed by atoms with Crippen LogP contribution in [0.3, 0.4) is 0 Å². The Morgan fingerprint density at radius 1 is 0.477 bits per heavy atom. The molecule has 10 fully saturated rings. The largest absolute Gasteiger partial charge is 0.444 e. The summed E-state index contributed by atoms with van der Waals surface area (Å²) in [6, 6.07) is 7.65. The summed E-state index contributed by atoms with van der Waals surface area (Å²) < 4.78 is 48.9. The molecule has 29 nitrogen and oxygen atoms in total. The lowest BCUT2D eigenvalue weighted by atomic mass is 10.0. The zero-order valence-electron chi connectivity index (χ0n) is 66.5. The Balaban J connectivity index is 0.000000142. The van der Waals surface area contributed by atoms with Crippen molar-refractivity contribution in [1.82, 2.24) is 75.1 Å². The van der Waals surface area contributed by atoms with Gasteiger partial charge in [0, 0.05) is 103 Å². The van der Waals surface area contributed by atoms with E-state index in [0.717, 1.165) is 128 Å². The summed E-state index contributed by atoms with van der Waals surface area (Å²) >= 11 is 5.73. The van der Waals surface area contributed by atoms with Gasteiger partial charge in [-0.05, 0) is 245 Å². The third-order valence-electron chi connectivity index (χ3n) is 22.6. The molecule has 604 valence electrons. The molecule has 15 atom stereocenters. The smallest absolute Gasteiger partial charge is 0.410 e. The van der Waals surface area contributed by atoms with Gasteiger partial charge in [0.25, 0.3) is 10.1 Å². The van der Waals surface area contributed by atoms with E-state index >= 15 is 0 Å². The molecule has 5 aliphatic carbocycles. The van der Waals surface area contributed by atoms with Crippen molar-refractivity contribution < 1.29 is 55.8 Å². The predicted octanol–water partition coefficient (Wildman–Crippen LogP) is 11.5. The van der Waals surface area contributed by atoms with E-state index in [4.69, 9.17) is 34.7 Å². The van der Waals surface area contributed by atoms with Crippen molar-refractivity contribution in [2.45, 2.75) is 200 Å². The highest BCUT2D eigenvalue weighted by molar-refractivity contribution is 7.86. The lowest BCUT2D eigenvalue weighted by Gasteiger charge is -2.28. The Bertz CT molecular complexity index is 4090. The van der Waals surface area contributed by atoms with E-state index in [-0.39, 0.29) is 54.6 Å². The number of carbonyl (C=O) groups excluding carboxylic acids is 4. The topological polar surface area (TPSA) is 337 Å². The van der Waals surface area contributed by atoms with Gasteiger partial charge < -0.3 is 79.0 Å². The van der Waals surface area contributed by atoms with Crippen molar-refractivity contribution in [3.8, 4) is 0 Å². The zero-order chi connectivity index (χ0) is 77.9. The van der Waals surface area contributed by atoms with E-state index in [1.807, 2.05) is 124 Å². The van der Waals surface area contributed by atoms with E-state index in [1.54, 1.807) is 28.7 Å². The van der Waals surface area contributed by atoms with E-state index < -0.39 is 26.9 Å². The molecule has 6 aromatic rings. The summed E-state index contributed by atoms with van der Waals surface area (Å²) in [6.07, 6.45) is 20.4. The fourth-order valence-corrected chi connectivity index (χ4v) is 18.6. The monoisotopic (exact) mass is 1580 g/mol. The number of ether oxygens (including phenoxy) is 4. The van der Waals surface area contributed by atoms with Crippen molar-refractivity contribution in [2.24, 2.45) is 59.2 Å². The molecular weight excluding hydrogens is 1460 g/mol. The molecule has 11 heterocycles. The number of H-pyrrole nitrogens is 3. The SMILES string of the molecule is CC(C)(C)OC(=O)N1C[C@H]2CC(O)C[C@H]2C1.CC(C)(C)OC(=O)N1C[C@H]2CC(OS(C)(=O)=O)C[C@H]2C1.CN(c1ncnc2[nH]ccc12)C1C[C@@H]2CN(C(=O)OC(C)(C)C)C[C@@H]2C1.CN(c1ncnc2[nH]ccc12)C1C[C@H]2CNC[C@H]2C1.CNC1C[C@@H]2CN(C(=O)OC(C)(C)C)C[C@@H]2C1.Cl.Clc1ncnc2[nH]ccc12. The van der Waals surface area contributed by atoms with Crippen LogP contribution in [-0.4, -0.2) is 248 Å². The van der Waals surface area contributed by atoms with Crippen LogP contribution in [0.15, 0.2) is 55.8 Å². The van der Waals surface area contributed by atoms with Gasteiger partial charge in [-0.2, -0.15) is 8.42 Å². The van der Waals surface area contributed by atoms with Crippen LogP contribution in [0.5, 0.6) is 0 Å². The van der Waals surface area contributed by atoms with Gasteiger partial charge in [-0.1, -0.05) is 11.6 Å². The second-order valence-corrected chi connectivity index (χ2v) is 37.5. The normalized spacial score (nSPS) is 27.9. The molecular formula is C77H119Cl2N17O12S. The molecule has 32 heteroatoms. The fraction of sp³-hybridized carbons (Fsp3) is 0.714. The fourth-order valence-electron chi connectivity index (χ4n) is 17.8. The number of rotatable bonds is 7. The number of amides is 4. The Morgan fingerprint density at radius 3 is 1.11 bits per heavy atom. The van der Waals surface area contributed by atoms with E-state index in [0.29, 0.717) is 96.6 Å². The highest BCUT2D eigenvalue weighted by Gasteiger charge is 2.48. The quantitative estimate of drug-likeness (QED) is 0.0491. The summed E-state index contributed by atoms with van der Waals surface area (Å²) in [7, 11) is 2.92. The Labute approximate surface area is 653 Å². The third-order valence-corrected chi connectivity index (χ3v) is 23.5. The van der Waals surface area contributed by atoms with E-state index in [1.165, 1.54) is 45.1 Å². The molecule has 5 saturated carbocycles. The number of nitrogens with one attached hydrogen (secondary N) is 5. The summed E-state index contributed by atoms with van der Waals surface area (Å²) in [6.45, 7) is 31.1. The molecule has 0 radical (unpaired) electrons. The maximum absolute atomic E-state index is 12.3. The number of hydrogen-bond acceptors (Lipinski definition) is 22. The number of hydrogen-bond donors (Lipinski definition) is 6. The number of likely N-dealkylation sites (tertiary alicyclic amines) is 4. The lowest BCUT2D eigenvalue weighted by Crippen LogP contribution is -2.37. The number of aromatic amines is 3. The Hall–Kier alpha value is -7.09. The van der Waals surface area contributed by atoms with Crippen molar-refractivity contribution in [1.29, 1.82) is 0 Å². The van der Waals surface area contributed by atoms with Crippen LogP contribution in [-0.2, 0) is 33.2 Å². The first kappa shape index (κ1) is 84.4. The van der Waals surface area contributed by atoms with Crippen molar-refractivity contribution in [3.05, 3.63) is 60.9 Å². The number of aromatic nitrogens is 9. The maximum Gasteiger partial charge on any atom is 0.410 e. The van der Waals surface area contributed by atoms with Crippen LogP contribution in [0.4, 0.5) is 30.8 Å². The molecule has 5 aliphatic heterocycles. The van der Waals surface area contributed by atoms with E-state index in [9.17, 15) is 32.7 Å². The number of aliphatic hydroxyl groups is 1. The van der Waals surface area contributed by atoms with Crippen LogP contribution in [0.2, 0.25) is 5.15 Å². The number of carbonyl (C=O) groups is 4. The van der Waals surface area contributed by atoms with Crippen LogP contribution >= 0.6 is 24.0 Å². The second kappa shape index (κ2) is 34.9. The molecule has 4 amide bonds. The van der Waals surface area contributed by atoms with Gasteiger partial charge in [0.1, 0.15) is 75.1 Å². The molecule has 109 heavy (non-hydrogen) atoms. The highest BCUT2D eigenvalue weighted by atomic mass is 35.5. The molecule has 0 spiro atoms. The first-order valence-corrected chi connectivity index (χ1v) is 40.8. The Kier molecular flexibility index (Phi) is 27.0. The van der Waals surface area contributed by atoms with Gasteiger partial charge >= 0.3 is 24.4 Å². The molecule has 0 aromatic carbocycles. The van der Waals surface area contributed by atoms with Crippen molar-refractivity contribution in [2.75, 3.05) is 103 Å². The third kappa shape index (κ3) is 22.4. The minimum atomic E-state index is -3.40. The highest BCUT2D eigenvalue weighted by Crippen LogP contribution is 2.45. The van der Waals surface area contributed by atoms with Crippen LogP contribution in [0, 0.1) is 59.2 Å². The zero-order valence-corrected chi connectivity index (χ0v) is 68.9. The molecule has 16 rings (SSSR count). The van der Waals surface area contributed by atoms with Crippen molar-refractivity contribution in [3.63, 3.8) is 0 Å². The molecule has 6 N–H and O–H groups in total. The number of fused-ring (bicyclic) bond motifs is 8. The number of aliphatic hydroxyl groups excluding tert-OH is 1. The number of halogens is 2. The van der Waals surface area contributed by atoms with Gasteiger partial charge in [-0.25, -0.2) is 49.1 Å². The maximum atomic E-state index is 12.3. The molecule has 5 saturated heterocycles. The standard InChI is InChI=1S/C19H27N5O2.C14H19N5.C13H24N2O2.C13H23NO5S.C12H21NO3.C6H4ClN3.ClH/c1-19(2,3)26-18(25)24-9-12-7-14(8-13(12)10-24)23(4)17-15-5-6-20-16(15)21-11-22-17;1-19(11-4-9-6-15-7-10(9)5-11)14-12-2-3-16-13(12)17-8-18-14;1-13(2,3)17-12(16)15-7-9-5-11(14-4)6-10(9)8-15;1-13(2,3)18-12(15)14-7-9-5-11(6-10(9)8-14)19-20(4,16)17;1-12(2,3)16-11(15)13-6-8-4-10(14)5-9(8)7-13;7-5-4-1-2-8-6(4)10-3-9-5;/h5-6,11-14H,7-10H2,1-4H3,(H,20,21,22);2-3,8-11,15H,4-7H2,1H3,(H,16,17,18);9-11,14H,5-8H2,1-4H3;9-11H,5-8H2,1-4H3;8-10,14H,4-7H2,1-3H3;1-3H,(H,8,9,10);1H/t12-,13+,14?;3*9-,10+,11?;8-,9+,10?;;. The van der Waals surface area contributed by atoms with Crippen molar-refractivity contribution >= 4 is 103 Å². The minimum Gasteiger partial charge on any atom is -0.444 e. The summed E-state index contributed by atoms with van der Waals surface area (Å²) in [5.74, 6) is 7.74. The van der Waals surface area contributed by atoms with Gasteiger partial charge in [0.05, 0.1) is 34.6 Å². The van der Waals surface area contributed by atoms with Gasteiger partial charge in [0.15, 0.2) is 0 Å². The molecule has 0 bridgehead atoms.